The molecular weight excluding hydrogens is 437 g/mol. The van der Waals surface area contributed by atoms with Crippen LogP contribution in [0.5, 0.6) is 0 Å². The van der Waals surface area contributed by atoms with Gasteiger partial charge in [-0.3, -0.25) is 4.98 Å². The summed E-state index contributed by atoms with van der Waals surface area (Å²) < 4.78 is 9.02. The Morgan fingerprint density at radius 1 is 1.15 bits per heavy atom. The molecule has 4 nitrogen and oxygen atoms in total. The Kier molecular flexibility index (Phi) is 5.34. The molecule has 0 radical (unpaired) electrons. The van der Waals surface area contributed by atoms with Crippen LogP contribution in [-0.2, 0) is 6.54 Å². The summed E-state index contributed by atoms with van der Waals surface area (Å²) in [5.41, 5.74) is 5.44. The summed E-state index contributed by atoms with van der Waals surface area (Å²) in [5.74, 6) is 1.64. The average Bonchev–Trinajstić information content (AvgIpc) is 3.09. The van der Waals surface area contributed by atoms with Gasteiger partial charge >= 0.3 is 0 Å². The van der Waals surface area contributed by atoms with Crippen LogP contribution in [0.4, 0.5) is 0 Å². The highest BCUT2D eigenvalue weighted by Gasteiger charge is 2.18. The number of fused-ring (bicyclic) bond motifs is 1. The minimum atomic E-state index is 0.782. The molecule has 0 saturated heterocycles. The highest BCUT2D eigenvalue weighted by molar-refractivity contribution is 14.1. The zero-order chi connectivity index (χ0) is 18.1. The van der Waals surface area contributed by atoms with E-state index in [1.165, 1.54) is 54.0 Å². The maximum absolute atomic E-state index is 5.36. The first-order chi connectivity index (χ1) is 12.6. The second-order valence-corrected chi connectivity index (χ2v) is 8.79. The Labute approximate surface area is 168 Å². The van der Waals surface area contributed by atoms with Gasteiger partial charge in [-0.1, -0.05) is 37.3 Å². The maximum atomic E-state index is 5.36. The van der Waals surface area contributed by atoms with E-state index in [0.717, 1.165) is 40.6 Å². The van der Waals surface area contributed by atoms with Crippen LogP contribution in [0.25, 0.3) is 22.2 Å². The molecule has 1 fully saturated rings. The van der Waals surface area contributed by atoms with E-state index in [0.29, 0.717) is 0 Å². The Hall–Kier alpha value is -1.37. The van der Waals surface area contributed by atoms with Crippen LogP contribution in [0.15, 0.2) is 23.0 Å². The predicted molar refractivity (Wildman–Crippen MR) is 113 cm³/mol. The van der Waals surface area contributed by atoms with Gasteiger partial charge in [0.1, 0.15) is 11.3 Å². The van der Waals surface area contributed by atoms with Crippen molar-refractivity contribution < 1.29 is 4.52 Å². The quantitative estimate of drug-likeness (QED) is 0.430. The fourth-order valence-electron chi connectivity index (χ4n) is 4.31. The number of aryl methyl sites for hydroxylation is 2. The molecule has 138 valence electrons. The summed E-state index contributed by atoms with van der Waals surface area (Å²) in [5, 5.41) is 4.10. The molecule has 0 unspecified atom stereocenters. The molecule has 1 aliphatic carbocycles. The van der Waals surface area contributed by atoms with E-state index in [1.807, 2.05) is 20.0 Å². The summed E-state index contributed by atoms with van der Waals surface area (Å²) in [6, 6.07) is 2.26. The highest BCUT2D eigenvalue weighted by Crippen LogP contribution is 2.32. The van der Waals surface area contributed by atoms with Crippen molar-refractivity contribution in [3.63, 3.8) is 0 Å². The first-order valence-corrected chi connectivity index (χ1v) is 10.8. The third-order valence-corrected chi connectivity index (χ3v) is 6.46. The Morgan fingerprint density at radius 3 is 2.58 bits per heavy atom. The molecule has 1 saturated carbocycles. The van der Waals surface area contributed by atoms with Crippen molar-refractivity contribution in [2.24, 2.45) is 5.92 Å². The third-order valence-electron chi connectivity index (χ3n) is 5.67. The molecular formula is C21H26IN3O. The third kappa shape index (κ3) is 3.55. The molecule has 0 aromatic carbocycles. The van der Waals surface area contributed by atoms with E-state index >= 15 is 0 Å². The number of nitrogens with zero attached hydrogens (tertiary/aromatic N) is 3. The van der Waals surface area contributed by atoms with Crippen LogP contribution in [0, 0.1) is 23.3 Å². The smallest absolute Gasteiger partial charge is 0.141 e. The van der Waals surface area contributed by atoms with E-state index in [1.54, 1.807) is 0 Å². The van der Waals surface area contributed by atoms with Crippen LogP contribution in [-0.4, -0.2) is 14.7 Å². The van der Waals surface area contributed by atoms with Crippen molar-refractivity contribution in [3.8, 4) is 11.1 Å². The van der Waals surface area contributed by atoms with Crippen molar-refractivity contribution in [1.82, 2.24) is 14.7 Å². The highest BCUT2D eigenvalue weighted by atomic mass is 127. The average molecular weight is 463 g/mol. The van der Waals surface area contributed by atoms with Gasteiger partial charge < -0.3 is 9.09 Å². The van der Waals surface area contributed by atoms with Gasteiger partial charge in [-0.15, -0.1) is 0 Å². The summed E-state index contributed by atoms with van der Waals surface area (Å²) in [4.78, 5) is 4.77. The molecule has 3 heterocycles. The molecule has 3 aromatic rings. The van der Waals surface area contributed by atoms with Gasteiger partial charge in [0.05, 0.1) is 14.8 Å². The lowest BCUT2D eigenvalue weighted by Gasteiger charge is -2.20. The largest absolute Gasteiger partial charge is 0.361 e. The van der Waals surface area contributed by atoms with Crippen LogP contribution in [0.3, 0.4) is 0 Å². The first-order valence-electron chi connectivity index (χ1n) is 9.71. The lowest BCUT2D eigenvalue weighted by Crippen LogP contribution is -2.12. The topological polar surface area (TPSA) is 43.9 Å². The molecule has 3 aromatic heterocycles. The second kappa shape index (κ2) is 7.71. The van der Waals surface area contributed by atoms with E-state index in [4.69, 9.17) is 9.51 Å². The summed E-state index contributed by atoms with van der Waals surface area (Å²) >= 11 is 2.41. The van der Waals surface area contributed by atoms with Gasteiger partial charge in [-0.05, 0) is 61.3 Å². The zero-order valence-corrected chi connectivity index (χ0v) is 17.8. The van der Waals surface area contributed by atoms with Crippen LogP contribution in [0.2, 0.25) is 0 Å². The van der Waals surface area contributed by atoms with Crippen LogP contribution in [0.1, 0.15) is 56.4 Å². The minimum Gasteiger partial charge on any atom is -0.361 e. The number of halogens is 1. The van der Waals surface area contributed by atoms with Gasteiger partial charge in [0.25, 0.3) is 0 Å². The molecule has 0 atom stereocenters. The van der Waals surface area contributed by atoms with Gasteiger partial charge in [0.2, 0.25) is 0 Å². The zero-order valence-electron chi connectivity index (χ0n) is 15.6. The number of aromatic nitrogens is 3. The molecule has 0 amide bonds. The lowest BCUT2D eigenvalue weighted by molar-refractivity contribution is 0.342. The van der Waals surface area contributed by atoms with Crippen LogP contribution < -0.4 is 0 Å². The van der Waals surface area contributed by atoms with Crippen molar-refractivity contribution in [3.05, 3.63) is 33.5 Å². The standard InChI is InChI=1S/C21H26IN3O/c1-14-20(15(2)26-24-14)17-10-19-21(23-11-17)18(22)13-25(19)12-16-8-6-4-3-5-7-9-16/h10-11,13,16H,3-9,12H2,1-2H3. The Bertz CT molecular complexity index is 884. The molecule has 5 heteroatoms. The van der Waals surface area contributed by atoms with Crippen molar-refractivity contribution in [2.45, 2.75) is 65.3 Å². The maximum Gasteiger partial charge on any atom is 0.141 e. The molecule has 4 rings (SSSR count). The number of rotatable bonds is 3. The Morgan fingerprint density at radius 2 is 1.88 bits per heavy atom. The summed E-state index contributed by atoms with van der Waals surface area (Å²) in [6.45, 7) is 5.07. The van der Waals surface area contributed by atoms with Crippen molar-refractivity contribution in [2.75, 3.05) is 0 Å². The van der Waals surface area contributed by atoms with E-state index in [-0.39, 0.29) is 0 Å². The predicted octanol–water partition coefficient (Wildman–Crippen LogP) is 6.27. The molecule has 0 spiro atoms. The monoisotopic (exact) mass is 463 g/mol. The second-order valence-electron chi connectivity index (χ2n) is 7.63. The molecule has 26 heavy (non-hydrogen) atoms. The van der Waals surface area contributed by atoms with Gasteiger partial charge in [0.15, 0.2) is 0 Å². The molecule has 0 bridgehead atoms. The van der Waals surface area contributed by atoms with Crippen molar-refractivity contribution >= 4 is 33.6 Å². The van der Waals surface area contributed by atoms with E-state index in [2.05, 4.69) is 44.6 Å². The SMILES string of the molecule is Cc1noc(C)c1-c1cnc2c(I)cn(CC3CCCCCCC3)c2c1. The fraction of sp³-hybridized carbons (Fsp3) is 0.524. The summed E-state index contributed by atoms with van der Waals surface area (Å²) in [6.07, 6.45) is 13.9. The number of pyridine rings is 1. The van der Waals surface area contributed by atoms with Crippen molar-refractivity contribution in [1.29, 1.82) is 0 Å². The molecule has 1 aliphatic rings. The van der Waals surface area contributed by atoms with Crippen LogP contribution >= 0.6 is 22.6 Å². The lowest BCUT2D eigenvalue weighted by atomic mass is 9.91. The fourth-order valence-corrected chi connectivity index (χ4v) is 5.06. The molecule has 0 N–H and O–H groups in total. The van der Waals surface area contributed by atoms with E-state index < -0.39 is 0 Å². The summed E-state index contributed by atoms with van der Waals surface area (Å²) in [7, 11) is 0. The number of hydrogen-bond donors (Lipinski definition) is 0. The number of hydrogen-bond acceptors (Lipinski definition) is 3. The van der Waals surface area contributed by atoms with Gasteiger partial charge in [-0.25, -0.2) is 0 Å². The minimum absolute atomic E-state index is 0.782. The van der Waals surface area contributed by atoms with E-state index in [9.17, 15) is 0 Å². The van der Waals surface area contributed by atoms with Gasteiger partial charge in [0, 0.05) is 30.1 Å². The normalized spacial score (nSPS) is 16.7. The molecule has 0 aliphatic heterocycles. The Balaban J connectivity index is 1.69. The first kappa shape index (κ1) is 18.0. The van der Waals surface area contributed by atoms with Gasteiger partial charge in [-0.2, -0.15) is 0 Å².